The summed E-state index contributed by atoms with van der Waals surface area (Å²) in [6, 6.07) is 6.00. The zero-order valence-corrected chi connectivity index (χ0v) is 21.2. The predicted octanol–water partition coefficient (Wildman–Crippen LogP) is 2.67. The van der Waals surface area contributed by atoms with Gasteiger partial charge in [0.25, 0.3) is 5.91 Å². The van der Waals surface area contributed by atoms with Crippen LogP contribution >= 0.6 is 0 Å². The molecule has 2 fully saturated rings. The van der Waals surface area contributed by atoms with Crippen LogP contribution in [0.5, 0.6) is 0 Å². The second-order valence-corrected chi connectivity index (χ2v) is 9.53. The quantitative estimate of drug-likeness (QED) is 0.394. The molecule has 4 aromatic heterocycles. The number of methoxy groups -OCH3 is 2. The first-order valence-corrected chi connectivity index (χ1v) is 12.6. The summed E-state index contributed by atoms with van der Waals surface area (Å²) in [5, 5.41) is 11.7. The molecular weight excluding hydrogens is 474 g/mol. The van der Waals surface area contributed by atoms with E-state index in [9.17, 15) is 4.79 Å². The molecule has 4 atom stereocenters. The van der Waals surface area contributed by atoms with Gasteiger partial charge in [0.15, 0.2) is 5.65 Å². The van der Waals surface area contributed by atoms with Gasteiger partial charge < -0.3 is 29.4 Å². The van der Waals surface area contributed by atoms with Crippen molar-refractivity contribution in [3.05, 3.63) is 42.4 Å². The molecule has 37 heavy (non-hydrogen) atoms. The number of rotatable bonds is 7. The lowest BCUT2D eigenvalue weighted by atomic mass is 9.89. The summed E-state index contributed by atoms with van der Waals surface area (Å²) in [5.41, 5.74) is 3.42. The van der Waals surface area contributed by atoms with Crippen molar-refractivity contribution in [2.24, 2.45) is 0 Å². The standard InChI is InChI=1S/C26H31N7O4/c1-27-23-11-19(30-25-16(12-29-33(23)25)26(34)31-18-6-7-21(18)35-2)17-13-32(24-15(17)5-4-9-28-24)20-8-10-37-14-22(20)36-3/h4-5,9,11-13,18,20-22,27H,6-8,10,14H2,1-3H3,(H,31,34)/t18?,20-,21+,22+/m0/s1. The number of carbonyl (C=O) groups excluding carboxylic acids is 1. The number of nitrogens with one attached hydrogen (secondary N) is 2. The van der Waals surface area contributed by atoms with E-state index in [2.05, 4.69) is 26.5 Å². The van der Waals surface area contributed by atoms with Crippen LogP contribution in [-0.4, -0.2) is 82.8 Å². The predicted molar refractivity (Wildman–Crippen MR) is 138 cm³/mol. The maximum absolute atomic E-state index is 13.2. The lowest BCUT2D eigenvalue weighted by Crippen LogP contribution is -2.51. The highest BCUT2D eigenvalue weighted by Crippen LogP contribution is 2.35. The first-order chi connectivity index (χ1) is 18.1. The summed E-state index contributed by atoms with van der Waals surface area (Å²) in [6.07, 6.45) is 8.08. The summed E-state index contributed by atoms with van der Waals surface area (Å²) < 4.78 is 20.7. The van der Waals surface area contributed by atoms with E-state index in [-0.39, 0.29) is 30.2 Å². The third-order valence-electron chi connectivity index (χ3n) is 7.60. The molecule has 194 valence electrons. The summed E-state index contributed by atoms with van der Waals surface area (Å²) in [5.74, 6) is 0.519. The molecule has 11 nitrogen and oxygen atoms in total. The van der Waals surface area contributed by atoms with E-state index in [1.54, 1.807) is 31.1 Å². The van der Waals surface area contributed by atoms with Crippen LogP contribution in [-0.2, 0) is 14.2 Å². The van der Waals surface area contributed by atoms with Crippen LogP contribution in [0.25, 0.3) is 27.9 Å². The summed E-state index contributed by atoms with van der Waals surface area (Å²) in [7, 11) is 5.21. The molecule has 1 amide bonds. The van der Waals surface area contributed by atoms with Crippen molar-refractivity contribution in [3.8, 4) is 11.3 Å². The number of aromatic nitrogens is 5. The van der Waals surface area contributed by atoms with Gasteiger partial charge >= 0.3 is 0 Å². The number of ether oxygens (including phenoxy) is 3. The average Bonchev–Trinajstić information content (AvgIpc) is 3.53. The van der Waals surface area contributed by atoms with Gasteiger partial charge in [0.1, 0.15) is 23.1 Å². The minimum atomic E-state index is -0.206. The number of hydrogen-bond acceptors (Lipinski definition) is 8. The highest BCUT2D eigenvalue weighted by Gasteiger charge is 2.33. The Hall–Kier alpha value is -3.54. The fourth-order valence-corrected chi connectivity index (χ4v) is 5.39. The second-order valence-electron chi connectivity index (χ2n) is 9.53. The zero-order valence-electron chi connectivity index (χ0n) is 21.2. The topological polar surface area (TPSA) is 117 Å². The van der Waals surface area contributed by atoms with E-state index < -0.39 is 0 Å². The monoisotopic (exact) mass is 505 g/mol. The lowest BCUT2D eigenvalue weighted by molar-refractivity contribution is -0.0592. The molecule has 6 rings (SSSR count). The van der Waals surface area contributed by atoms with Crippen molar-refractivity contribution in [2.45, 2.75) is 43.6 Å². The Balaban J connectivity index is 1.45. The number of pyridine rings is 1. The maximum atomic E-state index is 13.2. The van der Waals surface area contributed by atoms with E-state index in [1.165, 1.54) is 0 Å². The molecule has 1 saturated heterocycles. The van der Waals surface area contributed by atoms with Gasteiger partial charge in [-0.2, -0.15) is 9.61 Å². The van der Waals surface area contributed by atoms with Gasteiger partial charge in [-0.25, -0.2) is 9.97 Å². The molecule has 1 aliphatic carbocycles. The maximum Gasteiger partial charge on any atom is 0.257 e. The minimum absolute atomic E-state index is 0.00310. The number of anilines is 1. The molecule has 0 bridgehead atoms. The largest absolute Gasteiger partial charge is 0.379 e. The molecule has 1 aliphatic heterocycles. The normalized spacial score (nSPS) is 23.8. The van der Waals surface area contributed by atoms with E-state index in [0.717, 1.165) is 47.4 Å². The molecule has 0 radical (unpaired) electrons. The van der Waals surface area contributed by atoms with E-state index in [4.69, 9.17) is 24.2 Å². The number of fused-ring (bicyclic) bond motifs is 2. The van der Waals surface area contributed by atoms with Crippen LogP contribution < -0.4 is 10.6 Å². The lowest BCUT2D eigenvalue weighted by Gasteiger charge is -2.35. The number of amides is 1. The van der Waals surface area contributed by atoms with E-state index in [1.807, 2.05) is 25.2 Å². The summed E-state index contributed by atoms with van der Waals surface area (Å²) in [4.78, 5) is 22.9. The third-order valence-corrected chi connectivity index (χ3v) is 7.60. The Kier molecular flexibility index (Phi) is 6.27. The van der Waals surface area contributed by atoms with E-state index >= 15 is 0 Å². The van der Waals surface area contributed by atoms with E-state index in [0.29, 0.717) is 24.4 Å². The zero-order chi connectivity index (χ0) is 25.5. The molecule has 2 aliphatic rings. The first kappa shape index (κ1) is 23.8. The van der Waals surface area contributed by atoms with Crippen molar-refractivity contribution in [2.75, 3.05) is 39.8 Å². The fourth-order valence-electron chi connectivity index (χ4n) is 5.39. The summed E-state index contributed by atoms with van der Waals surface area (Å²) >= 11 is 0. The molecular formula is C26H31N7O4. The molecule has 11 heteroatoms. The highest BCUT2D eigenvalue weighted by molar-refractivity contribution is 6.01. The Bertz CT molecular complexity index is 1450. The van der Waals surface area contributed by atoms with Crippen LogP contribution in [0.15, 0.2) is 36.8 Å². The second kappa shape index (κ2) is 9.73. The van der Waals surface area contributed by atoms with Crippen LogP contribution in [0, 0.1) is 0 Å². The third kappa shape index (κ3) is 4.03. The Morgan fingerprint density at radius 3 is 2.78 bits per heavy atom. The minimum Gasteiger partial charge on any atom is -0.379 e. The molecule has 0 aromatic carbocycles. The van der Waals surface area contributed by atoms with Crippen molar-refractivity contribution >= 4 is 28.4 Å². The fraction of sp³-hybridized carbons (Fsp3) is 0.462. The Morgan fingerprint density at radius 1 is 1.16 bits per heavy atom. The SMILES string of the molecule is CNc1cc(-c2cn([C@H]3CCOC[C@H]3OC)c3ncccc23)nc2c(C(=O)NC3CC[C@H]3OC)cnn12. The van der Waals surface area contributed by atoms with Gasteiger partial charge in [-0.1, -0.05) is 0 Å². The van der Waals surface area contributed by atoms with Gasteiger partial charge in [0, 0.05) is 57.3 Å². The van der Waals surface area contributed by atoms with Crippen LogP contribution in [0.1, 0.15) is 35.7 Å². The van der Waals surface area contributed by atoms with Gasteiger partial charge in [0.2, 0.25) is 0 Å². The number of hydrogen-bond donors (Lipinski definition) is 2. The number of carbonyl (C=O) groups is 1. The van der Waals surface area contributed by atoms with Crippen LogP contribution in [0.3, 0.4) is 0 Å². The first-order valence-electron chi connectivity index (χ1n) is 12.6. The van der Waals surface area contributed by atoms with Crippen molar-refractivity contribution in [1.82, 2.24) is 29.5 Å². The van der Waals surface area contributed by atoms with Gasteiger partial charge in [0.05, 0.1) is 36.7 Å². The number of nitrogens with zero attached hydrogens (tertiary/aromatic N) is 5. The molecule has 1 unspecified atom stereocenters. The van der Waals surface area contributed by atoms with Gasteiger partial charge in [-0.3, -0.25) is 4.79 Å². The van der Waals surface area contributed by atoms with Gasteiger partial charge in [-0.05, 0) is 31.4 Å². The molecule has 0 spiro atoms. The van der Waals surface area contributed by atoms with Crippen LogP contribution in [0.2, 0.25) is 0 Å². The average molecular weight is 506 g/mol. The van der Waals surface area contributed by atoms with Gasteiger partial charge in [-0.15, -0.1) is 0 Å². The highest BCUT2D eigenvalue weighted by atomic mass is 16.5. The van der Waals surface area contributed by atoms with Crippen molar-refractivity contribution in [3.63, 3.8) is 0 Å². The Labute approximate surface area is 214 Å². The van der Waals surface area contributed by atoms with Crippen LogP contribution in [0.4, 0.5) is 5.82 Å². The molecule has 1 saturated carbocycles. The molecule has 5 heterocycles. The van der Waals surface area contributed by atoms with Crippen molar-refractivity contribution in [1.29, 1.82) is 0 Å². The Morgan fingerprint density at radius 2 is 2.03 bits per heavy atom. The smallest absolute Gasteiger partial charge is 0.257 e. The summed E-state index contributed by atoms with van der Waals surface area (Å²) in [6.45, 7) is 1.20. The van der Waals surface area contributed by atoms with Crippen molar-refractivity contribution < 1.29 is 19.0 Å². The molecule has 2 N–H and O–H groups in total. The molecule has 4 aromatic rings.